The standard InChI is InChI=1S/C14H22N2O2/c1-16(2)12-9-13(17-3)10(8-14(12)18-4)11-6-5-7-15-11/h8-9,11,15H,5-7H2,1-4H3. The minimum Gasteiger partial charge on any atom is -0.496 e. The molecule has 0 spiro atoms. The van der Waals surface area contributed by atoms with Crippen LogP contribution in [0.2, 0.25) is 0 Å². The molecule has 100 valence electrons. The predicted octanol–water partition coefficient (Wildman–Crippen LogP) is 2.19. The molecule has 0 bridgehead atoms. The van der Waals surface area contributed by atoms with E-state index in [1.165, 1.54) is 12.0 Å². The smallest absolute Gasteiger partial charge is 0.142 e. The highest BCUT2D eigenvalue weighted by molar-refractivity contribution is 5.64. The number of nitrogens with zero attached hydrogens (tertiary/aromatic N) is 1. The Morgan fingerprint density at radius 1 is 1.17 bits per heavy atom. The fourth-order valence-electron chi connectivity index (χ4n) is 2.48. The third-order valence-corrected chi connectivity index (χ3v) is 3.45. The third-order valence-electron chi connectivity index (χ3n) is 3.45. The molecule has 1 aliphatic heterocycles. The summed E-state index contributed by atoms with van der Waals surface area (Å²) < 4.78 is 11.0. The van der Waals surface area contributed by atoms with Gasteiger partial charge >= 0.3 is 0 Å². The number of ether oxygens (including phenoxy) is 2. The van der Waals surface area contributed by atoms with Crippen molar-refractivity contribution in [2.45, 2.75) is 18.9 Å². The van der Waals surface area contributed by atoms with Crippen molar-refractivity contribution in [1.82, 2.24) is 5.32 Å². The third kappa shape index (κ3) is 2.38. The molecular formula is C14H22N2O2. The Kier molecular flexibility index (Phi) is 3.97. The van der Waals surface area contributed by atoms with Crippen molar-refractivity contribution in [2.24, 2.45) is 0 Å². The number of anilines is 1. The number of benzene rings is 1. The maximum absolute atomic E-state index is 5.53. The monoisotopic (exact) mass is 250 g/mol. The van der Waals surface area contributed by atoms with E-state index in [2.05, 4.69) is 11.4 Å². The Labute approximate surface area is 109 Å². The zero-order valence-corrected chi connectivity index (χ0v) is 11.6. The van der Waals surface area contributed by atoms with Crippen LogP contribution in [0.15, 0.2) is 12.1 Å². The van der Waals surface area contributed by atoms with E-state index in [0.29, 0.717) is 6.04 Å². The lowest BCUT2D eigenvalue weighted by Crippen LogP contribution is -2.16. The normalized spacial score (nSPS) is 18.8. The molecule has 1 unspecified atom stereocenters. The molecule has 1 fully saturated rings. The number of hydrogen-bond donors (Lipinski definition) is 1. The first-order valence-electron chi connectivity index (χ1n) is 6.34. The number of rotatable bonds is 4. The molecular weight excluding hydrogens is 228 g/mol. The molecule has 1 atom stereocenters. The molecule has 1 aromatic carbocycles. The van der Waals surface area contributed by atoms with Gasteiger partial charge in [-0.3, -0.25) is 0 Å². The largest absolute Gasteiger partial charge is 0.496 e. The Bertz CT molecular complexity index is 413. The molecule has 0 aromatic heterocycles. The Morgan fingerprint density at radius 2 is 1.89 bits per heavy atom. The van der Waals surface area contributed by atoms with E-state index in [1.54, 1.807) is 14.2 Å². The molecule has 0 amide bonds. The fourth-order valence-corrected chi connectivity index (χ4v) is 2.48. The van der Waals surface area contributed by atoms with Crippen LogP contribution in [0.5, 0.6) is 11.5 Å². The van der Waals surface area contributed by atoms with Gasteiger partial charge in [-0.2, -0.15) is 0 Å². The second kappa shape index (κ2) is 5.48. The van der Waals surface area contributed by atoms with E-state index >= 15 is 0 Å². The van der Waals surface area contributed by atoms with Gasteiger partial charge in [0.05, 0.1) is 19.9 Å². The number of nitrogens with one attached hydrogen (secondary N) is 1. The molecule has 18 heavy (non-hydrogen) atoms. The first-order chi connectivity index (χ1) is 8.67. The maximum Gasteiger partial charge on any atom is 0.142 e. The Balaban J connectivity index is 2.45. The van der Waals surface area contributed by atoms with Gasteiger partial charge in [0.25, 0.3) is 0 Å². The van der Waals surface area contributed by atoms with Crippen LogP contribution in [0, 0.1) is 0 Å². The van der Waals surface area contributed by atoms with Crippen molar-refractivity contribution in [3.8, 4) is 11.5 Å². The van der Waals surface area contributed by atoms with Gasteiger partial charge in [0, 0.05) is 31.8 Å². The number of hydrogen-bond acceptors (Lipinski definition) is 4. The lowest BCUT2D eigenvalue weighted by Gasteiger charge is -2.22. The molecule has 0 saturated carbocycles. The highest BCUT2D eigenvalue weighted by Crippen LogP contribution is 2.39. The van der Waals surface area contributed by atoms with Gasteiger partial charge < -0.3 is 19.7 Å². The zero-order valence-electron chi connectivity index (χ0n) is 11.6. The molecule has 1 saturated heterocycles. The molecule has 1 aromatic rings. The van der Waals surface area contributed by atoms with Crippen LogP contribution in [-0.2, 0) is 0 Å². The summed E-state index contributed by atoms with van der Waals surface area (Å²) in [6.07, 6.45) is 2.37. The topological polar surface area (TPSA) is 33.7 Å². The van der Waals surface area contributed by atoms with Crippen molar-refractivity contribution in [3.63, 3.8) is 0 Å². The second-order valence-corrected chi connectivity index (χ2v) is 4.81. The van der Waals surface area contributed by atoms with Gasteiger partial charge in [0.15, 0.2) is 0 Å². The first-order valence-corrected chi connectivity index (χ1v) is 6.34. The predicted molar refractivity (Wildman–Crippen MR) is 73.9 cm³/mol. The van der Waals surface area contributed by atoms with Crippen molar-refractivity contribution >= 4 is 5.69 Å². The second-order valence-electron chi connectivity index (χ2n) is 4.81. The summed E-state index contributed by atoms with van der Waals surface area (Å²) in [6, 6.07) is 4.52. The van der Waals surface area contributed by atoms with Crippen LogP contribution in [0.4, 0.5) is 5.69 Å². The lowest BCUT2D eigenvalue weighted by molar-refractivity contribution is 0.393. The van der Waals surface area contributed by atoms with E-state index in [4.69, 9.17) is 9.47 Å². The first kappa shape index (κ1) is 13.0. The molecule has 1 heterocycles. The molecule has 0 aliphatic carbocycles. The van der Waals surface area contributed by atoms with Crippen LogP contribution < -0.4 is 19.7 Å². The van der Waals surface area contributed by atoms with E-state index in [-0.39, 0.29) is 0 Å². The van der Waals surface area contributed by atoms with E-state index in [1.807, 2.05) is 25.1 Å². The minimum atomic E-state index is 0.380. The van der Waals surface area contributed by atoms with Gasteiger partial charge in [-0.25, -0.2) is 0 Å². The van der Waals surface area contributed by atoms with Crippen molar-refractivity contribution < 1.29 is 9.47 Å². The summed E-state index contributed by atoms with van der Waals surface area (Å²) in [5.74, 6) is 1.82. The average Bonchev–Trinajstić information content (AvgIpc) is 2.90. The van der Waals surface area contributed by atoms with Crippen molar-refractivity contribution in [2.75, 3.05) is 39.8 Å². The van der Waals surface area contributed by atoms with Gasteiger partial charge in [-0.05, 0) is 25.5 Å². The SMILES string of the molecule is COc1cc(N(C)C)c(OC)cc1C1CCCN1. The van der Waals surface area contributed by atoms with Gasteiger partial charge in [0.2, 0.25) is 0 Å². The summed E-state index contributed by atoms with van der Waals surface area (Å²) in [4.78, 5) is 2.03. The summed E-state index contributed by atoms with van der Waals surface area (Å²) in [6.45, 7) is 1.07. The van der Waals surface area contributed by atoms with E-state index < -0.39 is 0 Å². The molecule has 0 radical (unpaired) electrons. The molecule has 4 nitrogen and oxygen atoms in total. The van der Waals surface area contributed by atoms with Crippen molar-refractivity contribution in [1.29, 1.82) is 0 Å². The van der Waals surface area contributed by atoms with Crippen LogP contribution in [0.1, 0.15) is 24.4 Å². The Morgan fingerprint density at radius 3 is 2.39 bits per heavy atom. The lowest BCUT2D eigenvalue weighted by atomic mass is 10.0. The van der Waals surface area contributed by atoms with Gasteiger partial charge in [-0.1, -0.05) is 0 Å². The van der Waals surface area contributed by atoms with E-state index in [0.717, 1.165) is 30.2 Å². The summed E-state index contributed by atoms with van der Waals surface area (Å²) >= 11 is 0. The fraction of sp³-hybridized carbons (Fsp3) is 0.571. The van der Waals surface area contributed by atoms with Gasteiger partial charge in [-0.15, -0.1) is 0 Å². The summed E-state index contributed by atoms with van der Waals surface area (Å²) in [5, 5.41) is 3.50. The van der Waals surface area contributed by atoms with Crippen LogP contribution in [0.25, 0.3) is 0 Å². The van der Waals surface area contributed by atoms with Crippen molar-refractivity contribution in [3.05, 3.63) is 17.7 Å². The van der Waals surface area contributed by atoms with Gasteiger partial charge in [0.1, 0.15) is 11.5 Å². The highest BCUT2D eigenvalue weighted by atomic mass is 16.5. The maximum atomic E-state index is 5.53. The molecule has 2 rings (SSSR count). The molecule has 4 heteroatoms. The van der Waals surface area contributed by atoms with E-state index in [9.17, 15) is 0 Å². The zero-order chi connectivity index (χ0) is 13.1. The van der Waals surface area contributed by atoms with Crippen LogP contribution >= 0.6 is 0 Å². The molecule has 1 aliphatic rings. The average molecular weight is 250 g/mol. The quantitative estimate of drug-likeness (QED) is 0.888. The minimum absolute atomic E-state index is 0.380. The molecule has 1 N–H and O–H groups in total. The highest BCUT2D eigenvalue weighted by Gasteiger charge is 2.22. The Hall–Kier alpha value is -1.42. The van der Waals surface area contributed by atoms with Crippen LogP contribution in [0.3, 0.4) is 0 Å². The number of methoxy groups -OCH3 is 2. The summed E-state index contributed by atoms with van der Waals surface area (Å²) in [7, 11) is 7.44. The van der Waals surface area contributed by atoms with Crippen LogP contribution in [-0.4, -0.2) is 34.9 Å². The summed E-state index contributed by atoms with van der Waals surface area (Å²) in [5.41, 5.74) is 2.23.